The Morgan fingerprint density at radius 2 is 1.46 bits per heavy atom. The lowest BCUT2D eigenvalue weighted by atomic mass is 10.3. The first kappa shape index (κ1) is 9.19. The molecule has 1 unspecified atom stereocenters. The predicted octanol–water partition coefficient (Wildman–Crippen LogP) is -0.954. The van der Waals surface area contributed by atoms with Gasteiger partial charge in [-0.15, -0.1) is 15.0 Å². The van der Waals surface area contributed by atoms with Gasteiger partial charge in [-0.05, 0) is 0 Å². The zero-order valence-electron chi connectivity index (χ0n) is 6.26. The van der Waals surface area contributed by atoms with E-state index in [1.807, 2.05) is 0 Å². The first-order chi connectivity index (χ1) is 6.29. The zero-order chi connectivity index (χ0) is 9.73. The number of aliphatic imine (C=N–C) groups is 3. The average molecular weight is 181 g/mol. The van der Waals surface area contributed by atoms with Gasteiger partial charge in [0.15, 0.2) is 6.10 Å². The molecule has 7 nitrogen and oxygen atoms in total. The van der Waals surface area contributed by atoms with Gasteiger partial charge < -0.3 is 4.74 Å². The van der Waals surface area contributed by atoms with E-state index in [2.05, 4.69) is 15.0 Å². The van der Waals surface area contributed by atoms with Gasteiger partial charge in [-0.2, -0.15) is 0 Å². The van der Waals surface area contributed by atoms with Gasteiger partial charge in [0.1, 0.15) is 0 Å². The van der Waals surface area contributed by atoms with Gasteiger partial charge in [0.05, 0.1) is 6.61 Å². The quantitative estimate of drug-likeness (QED) is 0.317. The molecule has 0 aliphatic carbocycles. The number of isocyanates is 3. The number of epoxide rings is 1. The summed E-state index contributed by atoms with van der Waals surface area (Å²) in [5, 5.41) is 0. The maximum atomic E-state index is 9.98. The van der Waals surface area contributed by atoms with Gasteiger partial charge in [-0.25, -0.2) is 14.4 Å². The Morgan fingerprint density at radius 3 is 1.69 bits per heavy atom. The molecule has 1 heterocycles. The molecular formula is C6H3N3O4. The molecule has 66 valence electrons. The number of rotatable bonds is 4. The van der Waals surface area contributed by atoms with Crippen molar-refractivity contribution >= 4 is 18.2 Å². The Bertz CT molecular complexity index is 297. The third kappa shape index (κ3) is 1.82. The van der Waals surface area contributed by atoms with E-state index in [0.717, 1.165) is 18.2 Å². The van der Waals surface area contributed by atoms with E-state index >= 15 is 0 Å². The minimum atomic E-state index is -1.86. The van der Waals surface area contributed by atoms with Crippen molar-refractivity contribution in [2.45, 2.75) is 11.9 Å². The average Bonchev–Trinajstić information content (AvgIpc) is 2.87. The fourth-order valence-corrected chi connectivity index (χ4v) is 0.764. The molecule has 1 atom stereocenters. The molecule has 1 fully saturated rings. The Hall–Kier alpha value is -1.90. The summed E-state index contributed by atoms with van der Waals surface area (Å²) in [5.74, 6) is -1.86. The van der Waals surface area contributed by atoms with Crippen LogP contribution in [0.2, 0.25) is 0 Å². The van der Waals surface area contributed by atoms with Crippen molar-refractivity contribution in [2.75, 3.05) is 6.61 Å². The molecule has 13 heavy (non-hydrogen) atoms. The number of nitrogens with zero attached hydrogens (tertiary/aromatic N) is 3. The molecule has 7 heteroatoms. The molecule has 1 aliphatic rings. The molecule has 0 N–H and O–H groups in total. The second kappa shape index (κ2) is 3.67. The van der Waals surface area contributed by atoms with Gasteiger partial charge in [0.2, 0.25) is 18.2 Å². The lowest BCUT2D eigenvalue weighted by Crippen LogP contribution is -2.28. The van der Waals surface area contributed by atoms with E-state index in [1.165, 1.54) is 0 Å². The third-order valence-corrected chi connectivity index (χ3v) is 1.40. The summed E-state index contributed by atoms with van der Waals surface area (Å²) in [7, 11) is 0. The van der Waals surface area contributed by atoms with Crippen molar-refractivity contribution in [1.29, 1.82) is 0 Å². The molecular weight excluding hydrogens is 178 g/mol. The minimum Gasteiger partial charge on any atom is -0.366 e. The largest absolute Gasteiger partial charge is 0.366 e. The molecule has 1 rings (SSSR count). The molecule has 1 saturated heterocycles. The number of carbonyl (C=O) groups excluding carboxylic acids is 3. The highest BCUT2D eigenvalue weighted by molar-refractivity contribution is 5.43. The molecule has 0 bridgehead atoms. The van der Waals surface area contributed by atoms with Gasteiger partial charge >= 0.3 is 5.79 Å². The molecule has 0 radical (unpaired) electrons. The summed E-state index contributed by atoms with van der Waals surface area (Å²) in [6, 6.07) is 0. The molecule has 0 aromatic carbocycles. The van der Waals surface area contributed by atoms with Crippen molar-refractivity contribution in [3.63, 3.8) is 0 Å². The monoisotopic (exact) mass is 181 g/mol. The molecule has 0 saturated carbocycles. The van der Waals surface area contributed by atoms with Crippen LogP contribution in [0.4, 0.5) is 0 Å². The topological polar surface area (TPSA) is 101 Å². The smallest absolute Gasteiger partial charge is 0.305 e. The van der Waals surface area contributed by atoms with E-state index in [4.69, 9.17) is 4.74 Å². The number of hydrogen-bond donors (Lipinski definition) is 0. The van der Waals surface area contributed by atoms with Gasteiger partial charge in [-0.1, -0.05) is 0 Å². The first-order valence-corrected chi connectivity index (χ1v) is 3.18. The van der Waals surface area contributed by atoms with E-state index in [1.54, 1.807) is 0 Å². The summed E-state index contributed by atoms with van der Waals surface area (Å²) < 4.78 is 4.71. The Labute approximate surface area is 71.8 Å². The molecule has 0 spiro atoms. The normalized spacial score (nSPS) is 22.6. The maximum Gasteiger partial charge on any atom is 0.305 e. The summed E-state index contributed by atoms with van der Waals surface area (Å²) in [4.78, 5) is 39.3. The fraction of sp³-hybridized carbons (Fsp3) is 0.500. The zero-order valence-corrected chi connectivity index (χ0v) is 6.26. The van der Waals surface area contributed by atoms with Gasteiger partial charge in [-0.3, -0.25) is 0 Å². The van der Waals surface area contributed by atoms with Crippen LogP contribution in [0, 0.1) is 0 Å². The predicted molar refractivity (Wildman–Crippen MR) is 36.8 cm³/mol. The highest BCUT2D eigenvalue weighted by Gasteiger charge is 2.49. The molecule has 1 aliphatic heterocycles. The summed E-state index contributed by atoms with van der Waals surface area (Å²) in [6.45, 7) is 0.210. The summed E-state index contributed by atoms with van der Waals surface area (Å²) in [5.41, 5.74) is 0. The van der Waals surface area contributed by atoms with Crippen molar-refractivity contribution < 1.29 is 19.1 Å². The van der Waals surface area contributed by atoms with Gasteiger partial charge in [0, 0.05) is 0 Å². The molecule has 0 aromatic heterocycles. The van der Waals surface area contributed by atoms with Crippen molar-refractivity contribution in [2.24, 2.45) is 15.0 Å². The van der Waals surface area contributed by atoms with Crippen molar-refractivity contribution in [3.05, 3.63) is 0 Å². The van der Waals surface area contributed by atoms with Crippen LogP contribution in [-0.4, -0.2) is 36.7 Å². The van der Waals surface area contributed by atoms with Crippen LogP contribution in [0.15, 0.2) is 15.0 Å². The van der Waals surface area contributed by atoms with Crippen LogP contribution in [0.25, 0.3) is 0 Å². The first-order valence-electron chi connectivity index (χ1n) is 3.18. The standard InChI is InChI=1S/C6H3N3O4/c10-2-7-6(8-3-11,9-4-12)5-1-13-5/h5H,1H2. The fourth-order valence-electron chi connectivity index (χ4n) is 0.764. The maximum absolute atomic E-state index is 9.98. The van der Waals surface area contributed by atoms with Crippen LogP contribution in [-0.2, 0) is 19.1 Å². The lowest BCUT2D eigenvalue weighted by Gasteiger charge is -2.09. The van der Waals surface area contributed by atoms with Crippen molar-refractivity contribution in [3.8, 4) is 0 Å². The minimum absolute atomic E-state index is 0.210. The van der Waals surface area contributed by atoms with Crippen molar-refractivity contribution in [1.82, 2.24) is 0 Å². The summed E-state index contributed by atoms with van der Waals surface area (Å²) >= 11 is 0. The summed E-state index contributed by atoms with van der Waals surface area (Å²) in [6.07, 6.45) is 2.76. The van der Waals surface area contributed by atoms with E-state index in [-0.39, 0.29) is 6.61 Å². The van der Waals surface area contributed by atoms with Crippen LogP contribution < -0.4 is 0 Å². The highest BCUT2D eigenvalue weighted by atomic mass is 16.6. The molecule has 0 aromatic rings. The Morgan fingerprint density at radius 1 is 1.08 bits per heavy atom. The van der Waals surface area contributed by atoms with E-state index in [9.17, 15) is 14.4 Å². The molecule has 0 amide bonds. The van der Waals surface area contributed by atoms with Crippen LogP contribution in [0.1, 0.15) is 0 Å². The second-order valence-corrected chi connectivity index (χ2v) is 2.12. The SMILES string of the molecule is O=C=NC(N=C=O)(N=C=O)C1CO1. The van der Waals surface area contributed by atoms with Gasteiger partial charge in [0.25, 0.3) is 0 Å². The Kier molecular flexibility index (Phi) is 2.59. The lowest BCUT2D eigenvalue weighted by molar-refractivity contribution is 0.301. The second-order valence-electron chi connectivity index (χ2n) is 2.12. The van der Waals surface area contributed by atoms with E-state index < -0.39 is 11.9 Å². The highest BCUT2D eigenvalue weighted by Crippen LogP contribution is 2.30. The van der Waals surface area contributed by atoms with Crippen LogP contribution in [0.3, 0.4) is 0 Å². The van der Waals surface area contributed by atoms with E-state index in [0.29, 0.717) is 0 Å². The van der Waals surface area contributed by atoms with Crippen LogP contribution >= 0.6 is 0 Å². The Balaban J connectivity index is 3.11. The third-order valence-electron chi connectivity index (χ3n) is 1.40. The van der Waals surface area contributed by atoms with Crippen LogP contribution in [0.5, 0.6) is 0 Å². The number of ether oxygens (including phenoxy) is 1. The number of hydrogen-bond acceptors (Lipinski definition) is 7.